The molecule has 1 aliphatic carbocycles. The largest absolute Gasteiger partial charge is 0.493 e. The van der Waals surface area contributed by atoms with E-state index in [2.05, 4.69) is 31.4 Å². The van der Waals surface area contributed by atoms with Crippen molar-refractivity contribution in [1.29, 1.82) is 0 Å². The molecule has 1 aromatic carbocycles. The topological polar surface area (TPSA) is 21.3 Å². The first kappa shape index (κ1) is 14.2. The molecule has 2 aliphatic rings. The molecule has 1 aliphatic heterocycles. The van der Waals surface area contributed by atoms with Crippen molar-refractivity contribution >= 4 is 11.6 Å². The molecule has 1 aromatic rings. The molecule has 0 spiro atoms. The molecular formula is C17H24ClNO. The van der Waals surface area contributed by atoms with Gasteiger partial charge in [0.15, 0.2) is 0 Å². The van der Waals surface area contributed by atoms with Crippen LogP contribution in [0.3, 0.4) is 0 Å². The zero-order chi connectivity index (χ0) is 14.1. The fourth-order valence-corrected chi connectivity index (χ4v) is 4.24. The molecule has 1 N–H and O–H groups in total. The summed E-state index contributed by atoms with van der Waals surface area (Å²) in [5, 5.41) is 4.38. The molecule has 1 fully saturated rings. The highest BCUT2D eigenvalue weighted by Crippen LogP contribution is 2.38. The summed E-state index contributed by atoms with van der Waals surface area (Å²) in [6.45, 7) is 3.19. The lowest BCUT2D eigenvalue weighted by atomic mass is 9.86. The summed E-state index contributed by atoms with van der Waals surface area (Å²) in [6.07, 6.45) is 6.10. The summed E-state index contributed by atoms with van der Waals surface area (Å²) in [5.74, 6) is 2.69. The third-order valence-electron chi connectivity index (χ3n) is 5.08. The molecule has 2 nitrogen and oxygen atoms in total. The molecule has 3 atom stereocenters. The van der Waals surface area contributed by atoms with Crippen LogP contribution in [0, 0.1) is 11.8 Å². The Morgan fingerprint density at radius 3 is 2.95 bits per heavy atom. The van der Waals surface area contributed by atoms with Crippen LogP contribution in [-0.4, -0.2) is 19.7 Å². The molecule has 0 bridgehead atoms. The first-order valence-corrected chi connectivity index (χ1v) is 8.18. The smallest absolute Gasteiger partial charge is 0.125 e. The maximum atomic E-state index is 6.27. The average molecular weight is 294 g/mol. The van der Waals surface area contributed by atoms with Crippen molar-refractivity contribution in [3.63, 3.8) is 0 Å². The summed E-state index contributed by atoms with van der Waals surface area (Å²) in [5.41, 5.74) is 2.56. The van der Waals surface area contributed by atoms with Crippen LogP contribution in [0.5, 0.6) is 5.75 Å². The average Bonchev–Trinajstić information content (AvgIpc) is 3.04. The van der Waals surface area contributed by atoms with Crippen molar-refractivity contribution < 1.29 is 4.74 Å². The Kier molecular flexibility index (Phi) is 4.23. The van der Waals surface area contributed by atoms with Crippen molar-refractivity contribution in [2.75, 3.05) is 13.7 Å². The SMILES string of the molecule is CNC(Cc1cc(Cl)cc2c1OCC2)C1CCCC1C. The monoisotopic (exact) mass is 293 g/mol. The van der Waals surface area contributed by atoms with Gasteiger partial charge in [0.25, 0.3) is 0 Å². The molecule has 3 rings (SSSR count). The highest BCUT2D eigenvalue weighted by Gasteiger charge is 2.31. The Morgan fingerprint density at radius 2 is 2.25 bits per heavy atom. The van der Waals surface area contributed by atoms with Crippen molar-refractivity contribution in [2.45, 2.75) is 45.1 Å². The quantitative estimate of drug-likeness (QED) is 0.911. The Morgan fingerprint density at radius 1 is 1.40 bits per heavy atom. The van der Waals surface area contributed by atoms with Gasteiger partial charge in [0.05, 0.1) is 6.61 Å². The highest BCUT2D eigenvalue weighted by molar-refractivity contribution is 6.30. The van der Waals surface area contributed by atoms with E-state index in [-0.39, 0.29) is 0 Å². The number of benzene rings is 1. The number of ether oxygens (including phenoxy) is 1. The van der Waals surface area contributed by atoms with Gasteiger partial charge in [-0.2, -0.15) is 0 Å². The first-order valence-electron chi connectivity index (χ1n) is 7.80. The standard InChI is InChI=1S/C17H24ClNO/c1-11-4-3-5-15(11)16(19-2)10-13-9-14(18)8-12-6-7-20-17(12)13/h8-9,11,15-16,19H,3-7,10H2,1-2H3. The summed E-state index contributed by atoms with van der Waals surface area (Å²) in [4.78, 5) is 0. The molecular weight excluding hydrogens is 270 g/mol. The van der Waals surface area contributed by atoms with Crippen LogP contribution >= 0.6 is 11.6 Å². The summed E-state index contributed by atoms with van der Waals surface area (Å²) in [6, 6.07) is 4.68. The summed E-state index contributed by atoms with van der Waals surface area (Å²) >= 11 is 6.27. The Hall–Kier alpha value is -0.730. The van der Waals surface area contributed by atoms with Gasteiger partial charge in [-0.15, -0.1) is 0 Å². The minimum atomic E-state index is 0.527. The van der Waals surface area contributed by atoms with Crippen LogP contribution < -0.4 is 10.1 Å². The lowest BCUT2D eigenvalue weighted by Gasteiger charge is -2.27. The number of hydrogen-bond acceptors (Lipinski definition) is 2. The van der Waals surface area contributed by atoms with Crippen LogP contribution in [0.4, 0.5) is 0 Å². The molecule has 3 unspecified atom stereocenters. The second kappa shape index (κ2) is 5.95. The molecule has 0 saturated heterocycles. The van der Waals surface area contributed by atoms with E-state index in [1.165, 1.54) is 30.4 Å². The van der Waals surface area contributed by atoms with Crippen molar-refractivity contribution in [3.05, 3.63) is 28.3 Å². The third kappa shape index (κ3) is 2.68. The Labute approximate surface area is 126 Å². The molecule has 110 valence electrons. The van der Waals surface area contributed by atoms with Crippen molar-refractivity contribution in [3.8, 4) is 5.75 Å². The molecule has 20 heavy (non-hydrogen) atoms. The van der Waals surface area contributed by atoms with Crippen LogP contribution in [0.15, 0.2) is 12.1 Å². The number of hydrogen-bond donors (Lipinski definition) is 1. The second-order valence-corrected chi connectivity index (χ2v) is 6.76. The second-order valence-electron chi connectivity index (χ2n) is 6.32. The summed E-state index contributed by atoms with van der Waals surface area (Å²) in [7, 11) is 2.08. The minimum Gasteiger partial charge on any atom is -0.493 e. The van der Waals surface area contributed by atoms with E-state index >= 15 is 0 Å². The van der Waals surface area contributed by atoms with Gasteiger partial charge in [0, 0.05) is 17.5 Å². The van der Waals surface area contributed by atoms with Crippen molar-refractivity contribution in [2.24, 2.45) is 11.8 Å². The van der Waals surface area contributed by atoms with Crippen molar-refractivity contribution in [1.82, 2.24) is 5.32 Å². The minimum absolute atomic E-state index is 0.527. The van der Waals surface area contributed by atoms with E-state index in [1.807, 2.05) is 0 Å². The van der Waals surface area contributed by atoms with Gasteiger partial charge in [0.1, 0.15) is 5.75 Å². The maximum absolute atomic E-state index is 6.27. The van der Waals surface area contributed by atoms with Crippen LogP contribution in [0.2, 0.25) is 5.02 Å². The highest BCUT2D eigenvalue weighted by atomic mass is 35.5. The van der Waals surface area contributed by atoms with Gasteiger partial charge in [-0.25, -0.2) is 0 Å². The number of rotatable bonds is 4. The molecule has 1 heterocycles. The van der Waals surface area contributed by atoms with Gasteiger partial charge in [-0.1, -0.05) is 31.4 Å². The van der Waals surface area contributed by atoms with Gasteiger partial charge in [-0.3, -0.25) is 0 Å². The van der Waals surface area contributed by atoms with E-state index < -0.39 is 0 Å². The number of nitrogens with one attached hydrogen (secondary N) is 1. The van der Waals surface area contributed by atoms with E-state index in [4.69, 9.17) is 16.3 Å². The molecule has 0 amide bonds. The van der Waals surface area contributed by atoms with Gasteiger partial charge in [0.2, 0.25) is 0 Å². The van der Waals surface area contributed by atoms with E-state index in [1.54, 1.807) is 0 Å². The van der Waals surface area contributed by atoms with Gasteiger partial charge in [-0.05, 0) is 55.0 Å². The molecule has 0 aromatic heterocycles. The predicted octanol–water partition coefficient (Wildman–Crippen LogP) is 3.84. The van der Waals surface area contributed by atoms with Crippen LogP contribution in [0.25, 0.3) is 0 Å². The molecule has 1 saturated carbocycles. The van der Waals surface area contributed by atoms with Gasteiger partial charge < -0.3 is 10.1 Å². The zero-order valence-electron chi connectivity index (χ0n) is 12.4. The summed E-state index contributed by atoms with van der Waals surface area (Å²) < 4.78 is 5.83. The first-order chi connectivity index (χ1) is 9.69. The molecule has 3 heteroatoms. The third-order valence-corrected chi connectivity index (χ3v) is 5.30. The number of halogens is 1. The molecule has 0 radical (unpaired) electrons. The fourth-order valence-electron chi connectivity index (χ4n) is 3.97. The lowest BCUT2D eigenvalue weighted by molar-refractivity contribution is 0.302. The van der Waals surface area contributed by atoms with E-state index in [0.717, 1.165) is 42.1 Å². The number of fused-ring (bicyclic) bond motifs is 1. The number of likely N-dealkylation sites (N-methyl/N-ethyl adjacent to an activating group) is 1. The predicted molar refractivity (Wildman–Crippen MR) is 83.7 cm³/mol. The maximum Gasteiger partial charge on any atom is 0.125 e. The van der Waals surface area contributed by atoms with Crippen LogP contribution in [-0.2, 0) is 12.8 Å². The Balaban J connectivity index is 1.82. The zero-order valence-corrected chi connectivity index (χ0v) is 13.2. The Bertz CT molecular complexity index is 488. The van der Waals surface area contributed by atoms with Crippen LogP contribution in [0.1, 0.15) is 37.3 Å². The normalized spacial score (nSPS) is 26.4. The van der Waals surface area contributed by atoms with E-state index in [0.29, 0.717) is 6.04 Å². The van der Waals surface area contributed by atoms with E-state index in [9.17, 15) is 0 Å². The fraction of sp³-hybridized carbons (Fsp3) is 0.647. The lowest BCUT2D eigenvalue weighted by Crippen LogP contribution is -2.36. The van der Waals surface area contributed by atoms with Gasteiger partial charge >= 0.3 is 0 Å².